The van der Waals surface area contributed by atoms with Gasteiger partial charge in [0.05, 0.1) is 28.5 Å². The van der Waals surface area contributed by atoms with Gasteiger partial charge in [0.15, 0.2) is 17.3 Å². The number of thioether (sulfide) groups is 1. The number of carbonyl (C=O) groups is 3. The van der Waals surface area contributed by atoms with Crippen molar-refractivity contribution in [2.45, 2.75) is 13.1 Å². The molecule has 0 bridgehead atoms. The Morgan fingerprint density at radius 2 is 1.73 bits per heavy atom. The molecule has 0 aromatic heterocycles. The molecule has 1 heterocycles. The Morgan fingerprint density at radius 3 is 2.37 bits per heavy atom. The number of hydrogen-bond acceptors (Lipinski definition) is 8. The zero-order valence-corrected chi connectivity index (χ0v) is 22.5. The fourth-order valence-corrected chi connectivity index (χ4v) is 4.63. The van der Waals surface area contributed by atoms with Gasteiger partial charge >= 0.3 is 11.9 Å². The first-order valence-corrected chi connectivity index (χ1v) is 12.9. The number of rotatable bonds is 9. The number of ether oxygens (including phenoxy) is 2. The molecule has 4 rings (SSSR count). The number of amides is 2. The number of Topliss-reactive ketones (excluding diaryl/α,β-unsaturated/α-hetero) is 1. The summed E-state index contributed by atoms with van der Waals surface area (Å²) >= 11 is 6.47. The highest BCUT2D eigenvalue weighted by Crippen LogP contribution is 2.41. The van der Waals surface area contributed by atoms with E-state index in [0.29, 0.717) is 34.5 Å². The largest absolute Gasteiger partial charge is 0.490 e. The van der Waals surface area contributed by atoms with E-state index in [9.17, 15) is 37.7 Å². The summed E-state index contributed by atoms with van der Waals surface area (Å²) in [7, 11) is 0. The molecular formula is C27H18ClF3N2O7S. The van der Waals surface area contributed by atoms with Crippen molar-refractivity contribution in [2.75, 3.05) is 13.2 Å². The fourth-order valence-electron chi connectivity index (χ4n) is 3.67. The molecule has 9 nitrogen and oxygen atoms in total. The SMILES string of the molecule is CCOc1cc(/C=C2/SC(=O)N(CC(=O)c3ccc(Cl)cc3)C2=O)ccc1Oc1ccc(C(F)(F)F)cc1[N+](=O)[O-]. The summed E-state index contributed by atoms with van der Waals surface area (Å²) in [5.41, 5.74) is -1.44. The molecule has 0 aliphatic carbocycles. The normalized spacial score (nSPS) is 14.5. The van der Waals surface area contributed by atoms with E-state index in [1.807, 2.05) is 0 Å². The van der Waals surface area contributed by atoms with Crippen LogP contribution in [0.3, 0.4) is 0 Å². The predicted molar refractivity (Wildman–Crippen MR) is 144 cm³/mol. The van der Waals surface area contributed by atoms with E-state index in [0.717, 1.165) is 11.0 Å². The first-order chi connectivity index (χ1) is 19.4. The van der Waals surface area contributed by atoms with Crippen molar-refractivity contribution in [3.05, 3.63) is 97.4 Å². The number of imide groups is 1. The molecule has 1 aliphatic heterocycles. The molecule has 2 amide bonds. The lowest BCUT2D eigenvalue weighted by molar-refractivity contribution is -0.385. The summed E-state index contributed by atoms with van der Waals surface area (Å²) in [6, 6.07) is 12.1. The van der Waals surface area contributed by atoms with E-state index in [2.05, 4.69) is 0 Å². The van der Waals surface area contributed by atoms with Gasteiger partial charge in [0.25, 0.3) is 11.1 Å². The van der Waals surface area contributed by atoms with Gasteiger partial charge in [-0.3, -0.25) is 29.4 Å². The third-order valence-electron chi connectivity index (χ3n) is 5.61. The highest BCUT2D eigenvalue weighted by molar-refractivity contribution is 8.18. The number of nitrogens with zero attached hydrogens (tertiary/aromatic N) is 2. The van der Waals surface area contributed by atoms with Crippen molar-refractivity contribution in [1.82, 2.24) is 4.90 Å². The molecule has 3 aromatic rings. The van der Waals surface area contributed by atoms with Gasteiger partial charge in [-0.15, -0.1) is 0 Å². The number of carbonyl (C=O) groups excluding carboxylic acids is 3. The Hall–Kier alpha value is -4.36. The average Bonchev–Trinajstić information content (AvgIpc) is 3.17. The summed E-state index contributed by atoms with van der Waals surface area (Å²) in [4.78, 5) is 49.2. The van der Waals surface area contributed by atoms with Crippen LogP contribution < -0.4 is 9.47 Å². The van der Waals surface area contributed by atoms with Crippen molar-refractivity contribution in [3.63, 3.8) is 0 Å². The van der Waals surface area contributed by atoms with Gasteiger partial charge in [0, 0.05) is 16.7 Å². The van der Waals surface area contributed by atoms with Crippen LogP contribution in [0.15, 0.2) is 65.6 Å². The van der Waals surface area contributed by atoms with Crippen molar-refractivity contribution < 1.29 is 42.0 Å². The molecule has 1 saturated heterocycles. The summed E-state index contributed by atoms with van der Waals surface area (Å²) in [6.07, 6.45) is -3.39. The van der Waals surface area contributed by atoms with E-state index < -0.39 is 51.6 Å². The molecule has 0 unspecified atom stereocenters. The maximum Gasteiger partial charge on any atom is 0.416 e. The minimum absolute atomic E-state index is 0.0338. The molecule has 0 spiro atoms. The monoisotopic (exact) mass is 606 g/mol. The Balaban J connectivity index is 1.57. The summed E-state index contributed by atoms with van der Waals surface area (Å²) in [5.74, 6) is -1.53. The van der Waals surface area contributed by atoms with Gasteiger partial charge in [-0.25, -0.2) is 0 Å². The number of ketones is 1. The van der Waals surface area contributed by atoms with Crippen LogP contribution in [-0.2, 0) is 11.0 Å². The number of nitro groups is 1. The van der Waals surface area contributed by atoms with E-state index >= 15 is 0 Å². The van der Waals surface area contributed by atoms with Gasteiger partial charge in [-0.05, 0) is 78.9 Å². The van der Waals surface area contributed by atoms with Gasteiger partial charge < -0.3 is 9.47 Å². The molecule has 3 aromatic carbocycles. The molecule has 41 heavy (non-hydrogen) atoms. The van der Waals surface area contributed by atoms with E-state index in [4.69, 9.17) is 21.1 Å². The number of nitro benzene ring substituents is 1. The third-order valence-corrected chi connectivity index (χ3v) is 6.77. The van der Waals surface area contributed by atoms with Crippen molar-refractivity contribution >= 4 is 52.1 Å². The summed E-state index contributed by atoms with van der Waals surface area (Å²) in [5, 5.41) is 11.2. The first-order valence-electron chi connectivity index (χ1n) is 11.7. The number of benzene rings is 3. The molecule has 0 radical (unpaired) electrons. The molecule has 14 heteroatoms. The van der Waals surface area contributed by atoms with Gasteiger partial charge in [0.2, 0.25) is 5.75 Å². The lowest BCUT2D eigenvalue weighted by Gasteiger charge is -2.14. The molecule has 0 N–H and O–H groups in total. The van der Waals surface area contributed by atoms with Crippen LogP contribution in [0.4, 0.5) is 23.7 Å². The van der Waals surface area contributed by atoms with Crippen molar-refractivity contribution in [2.24, 2.45) is 0 Å². The minimum Gasteiger partial charge on any atom is -0.490 e. The predicted octanol–water partition coefficient (Wildman–Crippen LogP) is 7.38. The zero-order valence-electron chi connectivity index (χ0n) is 20.9. The molecule has 1 aliphatic rings. The van der Waals surface area contributed by atoms with Crippen LogP contribution >= 0.6 is 23.4 Å². The summed E-state index contributed by atoms with van der Waals surface area (Å²) in [6.45, 7) is 1.32. The van der Waals surface area contributed by atoms with Crippen LogP contribution in [0.1, 0.15) is 28.4 Å². The highest BCUT2D eigenvalue weighted by atomic mass is 35.5. The van der Waals surface area contributed by atoms with Gasteiger partial charge in [-0.1, -0.05) is 17.7 Å². The Bertz CT molecular complexity index is 1580. The molecule has 1 fully saturated rings. The second-order valence-corrected chi connectivity index (χ2v) is 9.81. The Labute approximate surface area is 239 Å². The Kier molecular flexibility index (Phi) is 8.69. The van der Waals surface area contributed by atoms with Crippen LogP contribution in [0, 0.1) is 10.1 Å². The van der Waals surface area contributed by atoms with E-state index in [1.54, 1.807) is 6.92 Å². The van der Waals surface area contributed by atoms with Crippen LogP contribution in [0.2, 0.25) is 5.02 Å². The lowest BCUT2D eigenvalue weighted by Crippen LogP contribution is -2.33. The second-order valence-electron chi connectivity index (χ2n) is 8.38. The highest BCUT2D eigenvalue weighted by Gasteiger charge is 2.37. The van der Waals surface area contributed by atoms with Crippen LogP contribution in [0.5, 0.6) is 17.2 Å². The number of alkyl halides is 3. The quantitative estimate of drug-likeness (QED) is 0.107. The average molecular weight is 607 g/mol. The number of hydrogen-bond donors (Lipinski definition) is 0. The second kappa shape index (κ2) is 12.0. The smallest absolute Gasteiger partial charge is 0.416 e. The van der Waals surface area contributed by atoms with Crippen LogP contribution in [0.25, 0.3) is 6.08 Å². The maximum atomic E-state index is 13.0. The standard InChI is InChI=1S/C27H18ClF3N2O7S/c1-2-39-23-11-15(3-9-22(23)40-21-10-6-17(27(29,30)31)13-19(21)33(37)38)12-24-25(35)32(26(36)41-24)14-20(34)16-4-7-18(28)8-5-16/h3-13H,2,14H2,1H3/b24-12+. The van der Waals surface area contributed by atoms with E-state index in [1.165, 1.54) is 48.5 Å². The van der Waals surface area contributed by atoms with Gasteiger partial charge in [-0.2, -0.15) is 13.2 Å². The van der Waals surface area contributed by atoms with Crippen molar-refractivity contribution in [1.29, 1.82) is 0 Å². The van der Waals surface area contributed by atoms with Crippen molar-refractivity contribution in [3.8, 4) is 17.2 Å². The Morgan fingerprint density at radius 1 is 1.05 bits per heavy atom. The van der Waals surface area contributed by atoms with Crippen LogP contribution in [-0.4, -0.2) is 39.9 Å². The fraction of sp³-hybridized carbons (Fsp3) is 0.148. The molecule has 212 valence electrons. The first kappa shape index (κ1) is 29.6. The van der Waals surface area contributed by atoms with Gasteiger partial charge in [0.1, 0.15) is 0 Å². The molecular weight excluding hydrogens is 589 g/mol. The minimum atomic E-state index is -4.79. The lowest BCUT2D eigenvalue weighted by atomic mass is 10.1. The third kappa shape index (κ3) is 6.87. The number of halogens is 4. The molecule has 0 saturated carbocycles. The maximum absolute atomic E-state index is 13.0. The van der Waals surface area contributed by atoms with E-state index in [-0.39, 0.29) is 28.6 Å². The summed E-state index contributed by atoms with van der Waals surface area (Å²) < 4.78 is 50.2. The topological polar surface area (TPSA) is 116 Å². The zero-order chi connectivity index (χ0) is 29.9. The molecule has 0 atom stereocenters.